The first-order valence-electron chi connectivity index (χ1n) is 4.48. The zero-order chi connectivity index (χ0) is 9.19. The van der Waals surface area contributed by atoms with Crippen LogP contribution in [0.4, 0.5) is 0 Å². The monoisotopic (exact) mass is 172 g/mol. The highest BCUT2D eigenvalue weighted by atomic mass is 16.7. The lowest BCUT2D eigenvalue weighted by Gasteiger charge is -2.02. The molecule has 0 spiro atoms. The molecule has 0 aromatic rings. The Kier molecular flexibility index (Phi) is 2.73. The lowest BCUT2D eigenvalue weighted by Crippen LogP contribution is -2.19. The Labute approximate surface area is 73.0 Å². The van der Waals surface area contributed by atoms with E-state index in [0.29, 0.717) is 6.61 Å². The molecule has 2 unspecified atom stereocenters. The number of carbonyl (C=O) groups is 1. The summed E-state index contributed by atoms with van der Waals surface area (Å²) < 4.78 is 10.1. The van der Waals surface area contributed by atoms with Gasteiger partial charge in [-0.15, -0.1) is 0 Å². The third-order valence-electron chi connectivity index (χ3n) is 2.13. The maximum Gasteiger partial charge on any atom is 0.338 e. The van der Waals surface area contributed by atoms with Crippen molar-refractivity contribution in [2.24, 2.45) is 0 Å². The molecule has 12 heavy (non-hydrogen) atoms. The summed E-state index contributed by atoms with van der Waals surface area (Å²) in [6, 6.07) is 0. The largest absolute Gasteiger partial charge is 0.464 e. The fraction of sp³-hybridized carbons (Fsp3) is 0.889. The number of hydrogen-bond donors (Lipinski definition) is 0. The Hall–Kier alpha value is -0.570. The molecular weight excluding hydrogens is 156 g/mol. The summed E-state index contributed by atoms with van der Waals surface area (Å²) >= 11 is 0. The topological polar surface area (TPSA) is 38.8 Å². The summed E-state index contributed by atoms with van der Waals surface area (Å²) in [6.07, 6.45) is 1.65. The predicted octanol–water partition coefficient (Wildman–Crippen LogP) is 1.51. The molecule has 1 rings (SSSR count). The highest BCUT2D eigenvalue weighted by Gasteiger charge is 2.57. The predicted molar refractivity (Wildman–Crippen MR) is 44.8 cm³/mol. The molecule has 0 bridgehead atoms. The molecule has 1 saturated heterocycles. The average molecular weight is 172 g/mol. The van der Waals surface area contributed by atoms with Crippen LogP contribution in [0.3, 0.4) is 0 Å². The van der Waals surface area contributed by atoms with Gasteiger partial charge in [-0.3, -0.25) is 0 Å². The smallest absolute Gasteiger partial charge is 0.338 e. The van der Waals surface area contributed by atoms with Gasteiger partial charge in [0.2, 0.25) is 0 Å². The van der Waals surface area contributed by atoms with Crippen LogP contribution in [0.5, 0.6) is 0 Å². The summed E-state index contributed by atoms with van der Waals surface area (Å²) in [4.78, 5) is 11.1. The van der Waals surface area contributed by atoms with Crippen molar-refractivity contribution in [3.8, 4) is 0 Å². The van der Waals surface area contributed by atoms with Crippen LogP contribution in [0.25, 0.3) is 0 Å². The highest BCUT2D eigenvalue weighted by Crippen LogP contribution is 2.40. The van der Waals surface area contributed by atoms with E-state index in [1.165, 1.54) is 0 Å². The van der Waals surface area contributed by atoms with Crippen LogP contribution in [0.15, 0.2) is 0 Å². The van der Waals surface area contributed by atoms with Crippen molar-refractivity contribution < 1.29 is 14.3 Å². The van der Waals surface area contributed by atoms with Crippen molar-refractivity contribution in [3.63, 3.8) is 0 Å². The SMILES string of the molecule is CCCC1(C)OC1C(=O)OCC. The van der Waals surface area contributed by atoms with Gasteiger partial charge in [-0.25, -0.2) is 4.79 Å². The number of esters is 1. The molecule has 1 aliphatic rings. The van der Waals surface area contributed by atoms with E-state index >= 15 is 0 Å². The standard InChI is InChI=1S/C9H16O3/c1-4-6-9(3)7(12-9)8(10)11-5-2/h7H,4-6H2,1-3H3. The Morgan fingerprint density at radius 2 is 2.25 bits per heavy atom. The van der Waals surface area contributed by atoms with E-state index in [1.54, 1.807) is 6.92 Å². The van der Waals surface area contributed by atoms with Crippen LogP contribution in [0.1, 0.15) is 33.6 Å². The fourth-order valence-electron chi connectivity index (χ4n) is 1.44. The molecule has 1 heterocycles. The molecule has 0 aliphatic carbocycles. The van der Waals surface area contributed by atoms with Gasteiger partial charge in [0.1, 0.15) is 5.60 Å². The molecular formula is C9H16O3. The summed E-state index contributed by atoms with van der Waals surface area (Å²) in [6.45, 7) is 6.27. The van der Waals surface area contributed by atoms with Crippen LogP contribution in [-0.4, -0.2) is 24.3 Å². The average Bonchev–Trinajstić information content (AvgIpc) is 2.64. The van der Waals surface area contributed by atoms with Gasteiger partial charge in [-0.2, -0.15) is 0 Å². The Morgan fingerprint density at radius 1 is 1.58 bits per heavy atom. The van der Waals surface area contributed by atoms with Crippen LogP contribution in [0, 0.1) is 0 Å². The molecule has 2 atom stereocenters. The zero-order valence-corrected chi connectivity index (χ0v) is 7.92. The number of epoxide rings is 1. The third-order valence-corrected chi connectivity index (χ3v) is 2.13. The van der Waals surface area contributed by atoms with E-state index in [9.17, 15) is 4.79 Å². The van der Waals surface area contributed by atoms with E-state index in [-0.39, 0.29) is 17.7 Å². The number of ether oxygens (including phenoxy) is 2. The second-order valence-corrected chi connectivity index (χ2v) is 3.31. The molecule has 0 saturated carbocycles. The lowest BCUT2D eigenvalue weighted by molar-refractivity contribution is -0.144. The first-order chi connectivity index (χ1) is 5.64. The molecule has 0 aromatic carbocycles. The number of rotatable bonds is 4. The van der Waals surface area contributed by atoms with Crippen LogP contribution in [0.2, 0.25) is 0 Å². The van der Waals surface area contributed by atoms with E-state index in [1.807, 2.05) is 6.92 Å². The van der Waals surface area contributed by atoms with Gasteiger partial charge in [-0.05, 0) is 20.3 Å². The van der Waals surface area contributed by atoms with Gasteiger partial charge in [0, 0.05) is 0 Å². The van der Waals surface area contributed by atoms with Gasteiger partial charge in [0.25, 0.3) is 0 Å². The Morgan fingerprint density at radius 3 is 2.75 bits per heavy atom. The van der Waals surface area contributed by atoms with Gasteiger partial charge in [-0.1, -0.05) is 13.3 Å². The van der Waals surface area contributed by atoms with Crippen molar-refractivity contribution in [3.05, 3.63) is 0 Å². The maximum atomic E-state index is 11.1. The van der Waals surface area contributed by atoms with Gasteiger partial charge < -0.3 is 9.47 Å². The summed E-state index contributed by atoms with van der Waals surface area (Å²) in [7, 11) is 0. The molecule has 0 aromatic heterocycles. The second kappa shape index (κ2) is 3.44. The van der Waals surface area contributed by atoms with Crippen LogP contribution < -0.4 is 0 Å². The minimum Gasteiger partial charge on any atom is -0.464 e. The Bertz CT molecular complexity index is 179. The minimum atomic E-state index is -0.308. The van der Waals surface area contributed by atoms with Crippen LogP contribution >= 0.6 is 0 Å². The molecule has 3 heteroatoms. The second-order valence-electron chi connectivity index (χ2n) is 3.31. The first-order valence-corrected chi connectivity index (χ1v) is 4.48. The highest BCUT2D eigenvalue weighted by molar-refractivity contribution is 5.79. The van der Waals surface area contributed by atoms with Crippen molar-refractivity contribution in [1.82, 2.24) is 0 Å². The van der Waals surface area contributed by atoms with Crippen molar-refractivity contribution in [2.45, 2.75) is 45.3 Å². The van der Waals surface area contributed by atoms with E-state index < -0.39 is 0 Å². The molecule has 1 fully saturated rings. The summed E-state index contributed by atoms with van der Waals surface area (Å²) in [5.74, 6) is -0.214. The normalized spacial score (nSPS) is 33.1. The Balaban J connectivity index is 2.34. The van der Waals surface area contributed by atoms with Crippen LogP contribution in [-0.2, 0) is 14.3 Å². The molecule has 0 amide bonds. The van der Waals surface area contributed by atoms with Crippen molar-refractivity contribution in [1.29, 1.82) is 0 Å². The van der Waals surface area contributed by atoms with E-state index in [4.69, 9.17) is 9.47 Å². The maximum absolute atomic E-state index is 11.1. The summed E-state index contributed by atoms with van der Waals surface area (Å²) in [5, 5.41) is 0. The zero-order valence-electron chi connectivity index (χ0n) is 7.92. The number of hydrogen-bond acceptors (Lipinski definition) is 3. The molecule has 0 radical (unpaired) electrons. The quantitative estimate of drug-likeness (QED) is 0.476. The molecule has 1 aliphatic heterocycles. The van der Waals surface area contributed by atoms with Gasteiger partial charge in [0.15, 0.2) is 6.10 Å². The number of carbonyl (C=O) groups excluding carboxylic acids is 1. The van der Waals surface area contributed by atoms with E-state index in [0.717, 1.165) is 12.8 Å². The van der Waals surface area contributed by atoms with Crippen molar-refractivity contribution >= 4 is 5.97 Å². The molecule has 70 valence electrons. The molecule has 3 nitrogen and oxygen atoms in total. The molecule has 0 N–H and O–H groups in total. The van der Waals surface area contributed by atoms with Crippen molar-refractivity contribution in [2.75, 3.05) is 6.61 Å². The lowest BCUT2D eigenvalue weighted by atomic mass is 10.0. The first kappa shape index (κ1) is 9.52. The van der Waals surface area contributed by atoms with E-state index in [2.05, 4.69) is 6.92 Å². The fourth-order valence-corrected chi connectivity index (χ4v) is 1.44. The minimum absolute atomic E-state index is 0.214. The van der Waals surface area contributed by atoms with Gasteiger partial charge in [0.05, 0.1) is 6.61 Å². The van der Waals surface area contributed by atoms with Gasteiger partial charge >= 0.3 is 5.97 Å². The third kappa shape index (κ3) is 1.78. The summed E-state index contributed by atoms with van der Waals surface area (Å²) in [5.41, 5.74) is -0.235.